The fourth-order valence-corrected chi connectivity index (χ4v) is 3.84. The van der Waals surface area contributed by atoms with Crippen LogP contribution in [-0.2, 0) is 16.1 Å². The maximum absolute atomic E-state index is 13.8. The van der Waals surface area contributed by atoms with E-state index in [9.17, 15) is 14.3 Å². The van der Waals surface area contributed by atoms with Gasteiger partial charge in [-0.1, -0.05) is 45.0 Å². The van der Waals surface area contributed by atoms with Crippen molar-refractivity contribution in [2.45, 2.75) is 39.3 Å². The largest absolute Gasteiger partial charge is 0.508 e. The molecular weight excluding hydrogens is 397 g/mol. The minimum Gasteiger partial charge on any atom is -0.508 e. The molecule has 6 nitrogen and oxygen atoms in total. The smallest absolute Gasteiger partial charge is 0.247 e. The van der Waals surface area contributed by atoms with Crippen LogP contribution in [0.15, 0.2) is 54.7 Å². The van der Waals surface area contributed by atoms with Gasteiger partial charge in [-0.05, 0) is 35.2 Å². The monoisotopic (exact) mass is 425 g/mol. The lowest BCUT2D eigenvalue weighted by molar-refractivity contribution is -0.131. The fraction of sp³-hybridized carbons (Fsp3) is 0.333. The Bertz CT molecular complexity index is 1070. The second kappa shape index (κ2) is 8.89. The molecule has 0 radical (unpaired) electrons. The molecule has 31 heavy (non-hydrogen) atoms. The summed E-state index contributed by atoms with van der Waals surface area (Å²) in [6.07, 6.45) is 0.923. The Morgan fingerprint density at radius 1 is 1.23 bits per heavy atom. The zero-order valence-electron chi connectivity index (χ0n) is 18.2. The van der Waals surface area contributed by atoms with Crippen LogP contribution in [0.5, 0.6) is 5.75 Å². The van der Waals surface area contributed by atoms with E-state index in [1.807, 2.05) is 37.6 Å². The number of aromatic nitrogens is 2. The van der Waals surface area contributed by atoms with Crippen LogP contribution in [0.25, 0.3) is 11.3 Å². The number of methoxy groups -OCH3 is 1. The molecule has 0 saturated heterocycles. The van der Waals surface area contributed by atoms with Crippen LogP contribution in [0.2, 0.25) is 0 Å². The number of ether oxygens (including phenoxy) is 1. The number of halogens is 1. The highest BCUT2D eigenvalue weighted by Gasteiger charge is 2.40. The molecule has 0 aliphatic heterocycles. The predicted molar refractivity (Wildman–Crippen MR) is 117 cm³/mol. The van der Waals surface area contributed by atoms with Gasteiger partial charge in [0.2, 0.25) is 5.91 Å². The first kappa shape index (κ1) is 22.5. The molecule has 2 aromatic carbocycles. The zero-order valence-corrected chi connectivity index (χ0v) is 18.2. The summed E-state index contributed by atoms with van der Waals surface area (Å²) in [6.45, 7) is 6.36. The second-order valence-corrected chi connectivity index (χ2v) is 8.69. The second-order valence-electron chi connectivity index (χ2n) is 8.69. The molecule has 1 heterocycles. The summed E-state index contributed by atoms with van der Waals surface area (Å²) < 4.78 is 21.2. The minimum atomic E-state index is -0.898. The standard InChI is InChI=1S/C24H28FN3O3/c1-24(2,3)20(21(31-4)22(26)30)23-27-19(16-8-6-9-17(25)12-16)14-28(23)13-15-7-5-10-18(29)11-15/h5-12,14,20-21,29H,13H2,1-4H3,(H2,26,30)/t20-,21?/m0/s1. The number of carbonyl (C=O) groups is 1. The Kier molecular flexibility index (Phi) is 6.45. The number of phenolic OH excluding ortho intramolecular Hbond substituents is 1. The van der Waals surface area contributed by atoms with E-state index < -0.39 is 23.3 Å². The van der Waals surface area contributed by atoms with E-state index in [2.05, 4.69) is 0 Å². The van der Waals surface area contributed by atoms with Gasteiger partial charge in [-0.2, -0.15) is 0 Å². The molecule has 3 aromatic rings. The first-order chi connectivity index (χ1) is 14.6. The molecule has 1 unspecified atom stereocenters. The molecule has 1 amide bonds. The number of hydrogen-bond donors (Lipinski definition) is 2. The number of aromatic hydroxyl groups is 1. The summed E-state index contributed by atoms with van der Waals surface area (Å²) in [6, 6.07) is 13.1. The average molecular weight is 426 g/mol. The molecule has 3 rings (SSSR count). The molecule has 1 aromatic heterocycles. The summed E-state index contributed by atoms with van der Waals surface area (Å²) in [5.41, 5.74) is 7.29. The van der Waals surface area contributed by atoms with Crippen LogP contribution in [0.1, 0.15) is 38.1 Å². The molecule has 2 atom stereocenters. The number of imidazole rings is 1. The van der Waals surface area contributed by atoms with Gasteiger partial charge in [0.25, 0.3) is 0 Å². The van der Waals surface area contributed by atoms with Gasteiger partial charge in [0.1, 0.15) is 23.5 Å². The summed E-state index contributed by atoms with van der Waals surface area (Å²) in [4.78, 5) is 17.0. The number of nitrogens with two attached hydrogens (primary N) is 1. The van der Waals surface area contributed by atoms with Crippen LogP contribution in [0.4, 0.5) is 4.39 Å². The van der Waals surface area contributed by atoms with Crippen molar-refractivity contribution in [1.29, 1.82) is 0 Å². The Balaban J connectivity index is 2.18. The number of benzene rings is 2. The lowest BCUT2D eigenvalue weighted by Gasteiger charge is -2.34. The Morgan fingerprint density at radius 2 is 1.94 bits per heavy atom. The van der Waals surface area contributed by atoms with Crippen LogP contribution in [0.3, 0.4) is 0 Å². The Hall–Kier alpha value is -3.19. The van der Waals surface area contributed by atoms with Crippen molar-refractivity contribution in [3.63, 3.8) is 0 Å². The van der Waals surface area contributed by atoms with E-state index in [1.54, 1.807) is 30.3 Å². The number of carbonyl (C=O) groups excluding carboxylic acids is 1. The van der Waals surface area contributed by atoms with Gasteiger partial charge in [-0.25, -0.2) is 9.37 Å². The number of amides is 1. The summed E-state index contributed by atoms with van der Waals surface area (Å²) >= 11 is 0. The van der Waals surface area contributed by atoms with Gasteiger partial charge >= 0.3 is 0 Å². The number of phenols is 1. The number of primary amides is 1. The summed E-state index contributed by atoms with van der Waals surface area (Å²) in [7, 11) is 1.45. The maximum Gasteiger partial charge on any atom is 0.247 e. The van der Waals surface area contributed by atoms with E-state index in [0.29, 0.717) is 23.6 Å². The van der Waals surface area contributed by atoms with E-state index in [1.165, 1.54) is 19.2 Å². The molecule has 0 saturated carbocycles. The van der Waals surface area contributed by atoms with E-state index >= 15 is 0 Å². The number of rotatable bonds is 7. The first-order valence-corrected chi connectivity index (χ1v) is 10.0. The van der Waals surface area contributed by atoms with Gasteiger partial charge in [0.15, 0.2) is 0 Å². The molecule has 3 N–H and O–H groups in total. The van der Waals surface area contributed by atoms with E-state index in [0.717, 1.165) is 5.56 Å². The topological polar surface area (TPSA) is 90.4 Å². The molecular formula is C24H28FN3O3. The lowest BCUT2D eigenvalue weighted by atomic mass is 9.76. The molecule has 0 aliphatic rings. The average Bonchev–Trinajstić information content (AvgIpc) is 3.07. The van der Waals surface area contributed by atoms with Gasteiger partial charge in [0, 0.05) is 25.4 Å². The highest BCUT2D eigenvalue weighted by molar-refractivity contribution is 5.80. The summed E-state index contributed by atoms with van der Waals surface area (Å²) in [5.74, 6) is -0.651. The van der Waals surface area contributed by atoms with Crippen molar-refractivity contribution in [3.8, 4) is 17.0 Å². The molecule has 0 bridgehead atoms. The van der Waals surface area contributed by atoms with Gasteiger partial charge in [0.05, 0.1) is 11.6 Å². The molecule has 0 spiro atoms. The van der Waals surface area contributed by atoms with Crippen molar-refractivity contribution < 1.29 is 19.0 Å². The van der Waals surface area contributed by atoms with E-state index in [4.69, 9.17) is 15.5 Å². The minimum absolute atomic E-state index is 0.156. The lowest BCUT2D eigenvalue weighted by Crippen LogP contribution is -2.42. The van der Waals surface area contributed by atoms with Crippen LogP contribution in [0, 0.1) is 11.2 Å². The van der Waals surface area contributed by atoms with Crippen LogP contribution in [-0.4, -0.2) is 33.8 Å². The van der Waals surface area contributed by atoms with Crippen LogP contribution >= 0.6 is 0 Å². The van der Waals surface area contributed by atoms with Crippen molar-refractivity contribution in [3.05, 3.63) is 71.9 Å². The normalized spacial score (nSPS) is 13.7. The Morgan fingerprint density at radius 3 is 2.52 bits per heavy atom. The number of nitrogens with zero attached hydrogens (tertiary/aromatic N) is 2. The Labute approximate surface area is 181 Å². The molecule has 7 heteroatoms. The van der Waals surface area contributed by atoms with Gasteiger partial charge in [-0.3, -0.25) is 4.79 Å². The van der Waals surface area contributed by atoms with E-state index in [-0.39, 0.29) is 11.6 Å². The highest BCUT2D eigenvalue weighted by atomic mass is 19.1. The van der Waals surface area contributed by atoms with Crippen molar-refractivity contribution in [2.24, 2.45) is 11.1 Å². The molecule has 164 valence electrons. The van der Waals surface area contributed by atoms with Crippen molar-refractivity contribution in [2.75, 3.05) is 7.11 Å². The predicted octanol–water partition coefficient (Wildman–Crippen LogP) is 4.07. The third-order valence-electron chi connectivity index (χ3n) is 5.24. The summed E-state index contributed by atoms with van der Waals surface area (Å²) in [5, 5.41) is 9.86. The van der Waals surface area contributed by atoms with Crippen LogP contribution < -0.4 is 5.73 Å². The molecule has 0 aliphatic carbocycles. The number of hydrogen-bond acceptors (Lipinski definition) is 4. The SMILES string of the molecule is COC(C(N)=O)[C@@H](c1nc(-c2cccc(F)c2)cn1Cc1cccc(O)c1)C(C)(C)C. The quantitative estimate of drug-likeness (QED) is 0.597. The van der Waals surface area contributed by atoms with Gasteiger partial charge in [-0.15, -0.1) is 0 Å². The first-order valence-electron chi connectivity index (χ1n) is 10.0. The van der Waals surface area contributed by atoms with Gasteiger partial charge < -0.3 is 20.1 Å². The third kappa shape index (κ3) is 5.11. The highest BCUT2D eigenvalue weighted by Crippen LogP contribution is 2.39. The van der Waals surface area contributed by atoms with Crippen molar-refractivity contribution >= 4 is 5.91 Å². The van der Waals surface area contributed by atoms with Crippen molar-refractivity contribution in [1.82, 2.24) is 9.55 Å². The fourth-order valence-electron chi connectivity index (χ4n) is 3.84. The maximum atomic E-state index is 13.8. The molecule has 0 fully saturated rings. The zero-order chi connectivity index (χ0) is 22.8. The third-order valence-corrected chi connectivity index (χ3v) is 5.24.